The van der Waals surface area contributed by atoms with Gasteiger partial charge in [0.2, 0.25) is 0 Å². The summed E-state index contributed by atoms with van der Waals surface area (Å²) >= 11 is 1.82. The lowest BCUT2D eigenvalue weighted by atomic mass is 9.43. The Kier molecular flexibility index (Phi) is 12.1. The van der Waals surface area contributed by atoms with E-state index in [2.05, 4.69) is 18.0 Å². The third-order valence-corrected chi connectivity index (χ3v) is 14.3. The van der Waals surface area contributed by atoms with Crippen LogP contribution in [-0.2, 0) is 4.79 Å². The molecule has 7 atom stereocenters. The molecule has 1 N–H and O–H groups in total. The second kappa shape index (κ2) is 15.4. The predicted octanol–water partition coefficient (Wildman–Crippen LogP) is 11.5. The fourth-order valence-corrected chi connectivity index (χ4v) is 11.3. The standard InChI is InChI=1S/C39H56F5NO2S/c1-35-21-18-30(46)27-29(35)26-28(16-12-10-8-6-4-3-5-7-9-11-15-25-48-33-17-13-14-24-45-33)34-31(35)19-22-36(2)32(34)20-23-37(36,47)38(40,41)39(42,43)44/h13-14,17,24,27-28,31-32,34,47H,3-12,15-16,18-23,25-26H2,1-2H3/t28-,31+,32+,34-,35+,36+,37+/m1/s1. The van der Waals surface area contributed by atoms with Gasteiger partial charge in [-0.15, -0.1) is 11.8 Å². The van der Waals surface area contributed by atoms with Crippen LogP contribution in [0.1, 0.15) is 136 Å². The Morgan fingerprint density at radius 1 is 0.854 bits per heavy atom. The van der Waals surface area contributed by atoms with Crippen LogP contribution in [-0.4, -0.2) is 39.3 Å². The predicted molar refractivity (Wildman–Crippen MR) is 182 cm³/mol. The normalized spacial score (nSPS) is 33.6. The first kappa shape index (κ1) is 37.8. The number of aliphatic hydroxyl groups is 1. The maximum atomic E-state index is 15.1. The lowest BCUT2D eigenvalue weighted by molar-refractivity contribution is -0.364. The van der Waals surface area contributed by atoms with Crippen LogP contribution in [0.25, 0.3) is 0 Å². The molecular formula is C39H56F5NO2S. The van der Waals surface area contributed by atoms with Gasteiger partial charge < -0.3 is 5.11 Å². The van der Waals surface area contributed by atoms with E-state index in [4.69, 9.17) is 0 Å². The van der Waals surface area contributed by atoms with E-state index < -0.39 is 35.5 Å². The first-order chi connectivity index (χ1) is 22.7. The summed E-state index contributed by atoms with van der Waals surface area (Å²) in [5.74, 6) is -4.05. The largest absolute Gasteiger partial charge is 0.456 e. The third kappa shape index (κ3) is 7.43. The lowest BCUT2D eigenvalue weighted by Crippen LogP contribution is -2.66. The van der Waals surface area contributed by atoms with Gasteiger partial charge in [-0.3, -0.25) is 4.79 Å². The zero-order valence-electron chi connectivity index (χ0n) is 28.9. The van der Waals surface area contributed by atoms with E-state index in [0.717, 1.165) is 42.0 Å². The van der Waals surface area contributed by atoms with E-state index in [-0.39, 0.29) is 41.8 Å². The Morgan fingerprint density at radius 3 is 2.10 bits per heavy atom. The van der Waals surface area contributed by atoms with Crippen molar-refractivity contribution in [1.29, 1.82) is 0 Å². The summed E-state index contributed by atoms with van der Waals surface area (Å²) in [6.07, 6.45) is 14.1. The molecule has 4 aliphatic rings. The number of halogens is 5. The van der Waals surface area contributed by atoms with Crippen LogP contribution in [0.5, 0.6) is 0 Å². The Morgan fingerprint density at radius 2 is 1.48 bits per heavy atom. The number of allylic oxidation sites excluding steroid dienone is 1. The number of ketones is 1. The molecule has 3 saturated carbocycles. The molecule has 0 saturated heterocycles. The van der Waals surface area contributed by atoms with Crippen molar-refractivity contribution in [3.8, 4) is 0 Å². The average Bonchev–Trinajstić information content (AvgIpc) is 3.33. The molecule has 0 aliphatic heterocycles. The smallest absolute Gasteiger partial charge is 0.383 e. The third-order valence-electron chi connectivity index (χ3n) is 13.3. The molecule has 3 fully saturated rings. The summed E-state index contributed by atoms with van der Waals surface area (Å²) in [7, 11) is 0. The van der Waals surface area contributed by atoms with Crippen molar-refractivity contribution in [2.24, 2.45) is 34.5 Å². The van der Waals surface area contributed by atoms with Crippen LogP contribution in [0.15, 0.2) is 41.1 Å². The molecular weight excluding hydrogens is 641 g/mol. The van der Waals surface area contributed by atoms with E-state index in [0.29, 0.717) is 25.7 Å². The number of carbonyl (C=O) groups is 1. The Bertz CT molecular complexity index is 1260. The van der Waals surface area contributed by atoms with Gasteiger partial charge in [0, 0.05) is 18.0 Å². The Labute approximate surface area is 288 Å². The molecule has 4 aliphatic carbocycles. The highest BCUT2D eigenvalue weighted by molar-refractivity contribution is 7.99. The summed E-state index contributed by atoms with van der Waals surface area (Å²) in [6.45, 7) is 3.70. The highest BCUT2D eigenvalue weighted by atomic mass is 32.2. The van der Waals surface area contributed by atoms with Gasteiger partial charge in [0.1, 0.15) is 5.60 Å². The van der Waals surface area contributed by atoms with Crippen LogP contribution in [0, 0.1) is 34.5 Å². The zero-order chi connectivity index (χ0) is 34.6. The van der Waals surface area contributed by atoms with Crippen molar-refractivity contribution < 1.29 is 31.9 Å². The van der Waals surface area contributed by atoms with E-state index in [1.807, 2.05) is 36.2 Å². The molecule has 48 heavy (non-hydrogen) atoms. The summed E-state index contributed by atoms with van der Waals surface area (Å²) in [5.41, 5.74) is -3.68. The SMILES string of the molecule is C[C@]12CCC(=O)C=C1C[C@@H](CCCCCCCCCCCCCSc1ccccn1)[C@@H]1[C@@H]2CC[C@@]2(C)[C@H]1CC[C@@]2(O)C(F)(F)C(F)(F)F. The number of carbonyl (C=O) groups excluding carboxylic acids is 1. The number of hydrogen-bond acceptors (Lipinski definition) is 4. The minimum Gasteiger partial charge on any atom is -0.383 e. The van der Waals surface area contributed by atoms with Crippen molar-refractivity contribution in [3.63, 3.8) is 0 Å². The number of hydrogen-bond donors (Lipinski definition) is 1. The summed E-state index contributed by atoms with van der Waals surface area (Å²) in [4.78, 5) is 16.8. The van der Waals surface area contributed by atoms with E-state index in [1.165, 1.54) is 58.3 Å². The molecule has 0 bridgehead atoms. The molecule has 1 aromatic rings. The molecule has 0 spiro atoms. The fraction of sp³-hybridized carbons (Fsp3) is 0.795. The first-order valence-electron chi connectivity index (χ1n) is 18.7. The summed E-state index contributed by atoms with van der Waals surface area (Å²) in [5, 5.41) is 12.4. The summed E-state index contributed by atoms with van der Waals surface area (Å²) < 4.78 is 71.2. The molecule has 270 valence electrons. The number of fused-ring (bicyclic) bond motifs is 5. The van der Waals surface area contributed by atoms with Gasteiger partial charge >= 0.3 is 12.1 Å². The number of unbranched alkanes of at least 4 members (excludes halogenated alkanes) is 10. The fourth-order valence-electron chi connectivity index (χ4n) is 10.5. The number of pyridine rings is 1. The van der Waals surface area contributed by atoms with Gasteiger partial charge in [-0.05, 0) is 104 Å². The number of alkyl halides is 5. The number of nitrogens with zero attached hydrogens (tertiary/aromatic N) is 1. The van der Waals surface area contributed by atoms with Crippen LogP contribution in [0.2, 0.25) is 0 Å². The topological polar surface area (TPSA) is 50.2 Å². The van der Waals surface area contributed by atoms with E-state index in [9.17, 15) is 23.1 Å². The minimum atomic E-state index is -5.80. The second-order valence-electron chi connectivity index (χ2n) is 15.9. The zero-order valence-corrected chi connectivity index (χ0v) is 29.8. The first-order valence-corrected chi connectivity index (χ1v) is 19.7. The molecule has 0 amide bonds. The highest BCUT2D eigenvalue weighted by Gasteiger charge is 2.79. The average molecular weight is 698 g/mol. The number of aromatic nitrogens is 1. The van der Waals surface area contributed by atoms with Crippen LogP contribution in [0.3, 0.4) is 0 Å². The number of rotatable bonds is 16. The Hall–Kier alpha value is -1.48. The minimum absolute atomic E-state index is 0.0224. The highest BCUT2D eigenvalue weighted by Crippen LogP contribution is 2.72. The van der Waals surface area contributed by atoms with Crippen LogP contribution < -0.4 is 0 Å². The van der Waals surface area contributed by atoms with Crippen molar-refractivity contribution in [2.45, 2.75) is 159 Å². The second-order valence-corrected chi connectivity index (χ2v) is 17.0. The van der Waals surface area contributed by atoms with Crippen LogP contribution in [0.4, 0.5) is 22.0 Å². The number of thioether (sulfide) groups is 1. The van der Waals surface area contributed by atoms with Crippen molar-refractivity contribution >= 4 is 17.5 Å². The molecule has 0 aromatic carbocycles. The van der Waals surface area contributed by atoms with Gasteiger partial charge in [-0.1, -0.05) is 89.7 Å². The molecule has 5 rings (SSSR count). The monoisotopic (exact) mass is 697 g/mol. The Balaban J connectivity index is 1.09. The van der Waals surface area contributed by atoms with Gasteiger partial charge in [0.15, 0.2) is 5.78 Å². The summed E-state index contributed by atoms with van der Waals surface area (Å²) in [6, 6.07) is 6.02. The lowest BCUT2D eigenvalue weighted by Gasteiger charge is -2.62. The van der Waals surface area contributed by atoms with Crippen molar-refractivity contribution in [2.75, 3.05) is 5.75 Å². The van der Waals surface area contributed by atoms with Gasteiger partial charge in [-0.2, -0.15) is 22.0 Å². The van der Waals surface area contributed by atoms with Gasteiger partial charge in [-0.25, -0.2) is 4.98 Å². The maximum Gasteiger partial charge on any atom is 0.456 e. The van der Waals surface area contributed by atoms with E-state index >= 15 is 8.78 Å². The molecule has 1 aromatic heterocycles. The van der Waals surface area contributed by atoms with Crippen LogP contribution >= 0.6 is 11.8 Å². The molecule has 9 heteroatoms. The van der Waals surface area contributed by atoms with Gasteiger partial charge in [0.25, 0.3) is 0 Å². The molecule has 3 nitrogen and oxygen atoms in total. The maximum absolute atomic E-state index is 15.1. The van der Waals surface area contributed by atoms with Gasteiger partial charge in [0.05, 0.1) is 5.03 Å². The van der Waals surface area contributed by atoms with Crippen molar-refractivity contribution in [3.05, 3.63) is 36.0 Å². The molecule has 1 heterocycles. The quantitative estimate of drug-likeness (QED) is 0.106. The molecule has 0 radical (unpaired) electrons. The van der Waals surface area contributed by atoms with E-state index in [1.54, 1.807) is 0 Å². The van der Waals surface area contributed by atoms with Crippen molar-refractivity contribution in [1.82, 2.24) is 4.98 Å². The molecule has 0 unspecified atom stereocenters.